The van der Waals surface area contributed by atoms with E-state index in [1.165, 1.54) is 0 Å². The molecule has 1 aliphatic rings. The van der Waals surface area contributed by atoms with Crippen LogP contribution in [0.5, 0.6) is 0 Å². The summed E-state index contributed by atoms with van der Waals surface area (Å²) in [5, 5.41) is 0. The number of likely N-dealkylation sites (tertiary alicyclic amines) is 1. The van der Waals surface area contributed by atoms with Crippen molar-refractivity contribution in [2.75, 3.05) is 13.1 Å². The molecule has 0 aliphatic carbocycles. The third kappa shape index (κ3) is 3.04. The number of hydrogen-bond acceptors (Lipinski definition) is 2. The van der Waals surface area contributed by atoms with Gasteiger partial charge in [0.1, 0.15) is 5.82 Å². The number of nitrogens with zero attached hydrogens (tertiary/aromatic N) is 3. The molecule has 2 aromatic heterocycles. The number of pyridine rings is 1. The molecule has 0 saturated carbocycles. The van der Waals surface area contributed by atoms with Crippen LogP contribution in [0, 0.1) is 18.6 Å². The van der Waals surface area contributed by atoms with Gasteiger partial charge in [-0.05, 0) is 44.5 Å². The van der Waals surface area contributed by atoms with E-state index in [1.54, 1.807) is 12.1 Å². The highest BCUT2D eigenvalue weighted by atomic mass is 19.2. The number of hydrogen-bond donors (Lipinski definition) is 0. The summed E-state index contributed by atoms with van der Waals surface area (Å²) in [7, 11) is 0. The normalized spacial score (nSPS) is 18.8. The van der Waals surface area contributed by atoms with Crippen LogP contribution in [0.4, 0.5) is 8.78 Å². The van der Waals surface area contributed by atoms with Gasteiger partial charge in [0.05, 0.1) is 11.2 Å². The second-order valence-corrected chi connectivity index (χ2v) is 6.79. The summed E-state index contributed by atoms with van der Waals surface area (Å²) in [5.74, 6) is -0.204. The highest BCUT2D eigenvalue weighted by Gasteiger charge is 2.26. The van der Waals surface area contributed by atoms with Crippen LogP contribution < -0.4 is 0 Å². The molecule has 0 spiro atoms. The van der Waals surface area contributed by atoms with Gasteiger partial charge in [0, 0.05) is 30.8 Å². The summed E-state index contributed by atoms with van der Waals surface area (Å²) in [4.78, 5) is 6.99. The molecule has 1 atom stereocenters. The van der Waals surface area contributed by atoms with Crippen molar-refractivity contribution in [1.29, 1.82) is 0 Å². The largest absolute Gasteiger partial charge is 0.304 e. The molecular weight excluding hydrogens is 320 g/mol. The van der Waals surface area contributed by atoms with Crippen molar-refractivity contribution in [2.24, 2.45) is 0 Å². The van der Waals surface area contributed by atoms with Crippen molar-refractivity contribution in [3.05, 3.63) is 71.3 Å². The highest BCUT2D eigenvalue weighted by Crippen LogP contribution is 2.30. The van der Waals surface area contributed by atoms with Crippen molar-refractivity contribution in [1.82, 2.24) is 14.3 Å². The first-order valence-corrected chi connectivity index (χ1v) is 8.72. The summed E-state index contributed by atoms with van der Waals surface area (Å²) in [6.07, 6.45) is 4.14. The van der Waals surface area contributed by atoms with Crippen LogP contribution in [-0.4, -0.2) is 27.4 Å². The minimum Gasteiger partial charge on any atom is -0.304 e. The molecule has 1 saturated heterocycles. The average Bonchev–Trinajstić information content (AvgIpc) is 2.97. The number of fused-ring (bicyclic) bond motifs is 1. The molecule has 3 nitrogen and oxygen atoms in total. The van der Waals surface area contributed by atoms with Gasteiger partial charge < -0.3 is 4.40 Å². The van der Waals surface area contributed by atoms with Crippen LogP contribution in [0.15, 0.2) is 42.6 Å². The average molecular weight is 341 g/mol. The zero-order valence-electron chi connectivity index (χ0n) is 14.3. The third-order valence-corrected chi connectivity index (χ3v) is 5.07. The Morgan fingerprint density at radius 1 is 1.16 bits per heavy atom. The van der Waals surface area contributed by atoms with E-state index in [9.17, 15) is 8.78 Å². The first-order chi connectivity index (χ1) is 12.1. The first-order valence-electron chi connectivity index (χ1n) is 8.72. The van der Waals surface area contributed by atoms with Gasteiger partial charge in [0.25, 0.3) is 0 Å². The lowest BCUT2D eigenvalue weighted by Crippen LogP contribution is -2.34. The zero-order chi connectivity index (χ0) is 17.4. The lowest BCUT2D eigenvalue weighted by molar-refractivity contribution is 0.196. The van der Waals surface area contributed by atoms with Crippen LogP contribution in [0.25, 0.3) is 5.52 Å². The van der Waals surface area contributed by atoms with Crippen molar-refractivity contribution in [3.8, 4) is 0 Å². The number of piperidine rings is 1. The van der Waals surface area contributed by atoms with E-state index in [-0.39, 0.29) is 0 Å². The zero-order valence-corrected chi connectivity index (χ0v) is 14.3. The molecule has 4 rings (SSSR count). The van der Waals surface area contributed by atoms with Gasteiger partial charge in [0.2, 0.25) is 0 Å². The molecule has 0 bridgehead atoms. The lowest BCUT2D eigenvalue weighted by Gasteiger charge is -2.32. The fourth-order valence-electron chi connectivity index (χ4n) is 3.85. The summed E-state index contributed by atoms with van der Waals surface area (Å²) < 4.78 is 29.5. The van der Waals surface area contributed by atoms with Gasteiger partial charge in [-0.25, -0.2) is 13.8 Å². The maximum absolute atomic E-state index is 14.0. The van der Waals surface area contributed by atoms with Crippen LogP contribution in [0.2, 0.25) is 0 Å². The van der Waals surface area contributed by atoms with Gasteiger partial charge in [-0.15, -0.1) is 0 Å². The molecule has 1 aromatic carbocycles. The van der Waals surface area contributed by atoms with Gasteiger partial charge in [-0.1, -0.05) is 18.2 Å². The SMILES string of the molecule is Cc1nc([C@@H]2CCCN(Cc3cccc(F)c3F)C2)c2ccccn12. The van der Waals surface area contributed by atoms with Gasteiger partial charge in [0.15, 0.2) is 11.6 Å². The topological polar surface area (TPSA) is 20.5 Å². The first kappa shape index (κ1) is 16.2. The Kier molecular flexibility index (Phi) is 4.25. The minimum absolute atomic E-state index is 0.316. The lowest BCUT2D eigenvalue weighted by atomic mass is 9.93. The number of rotatable bonds is 3. The molecule has 0 amide bonds. The van der Waals surface area contributed by atoms with Crippen molar-refractivity contribution in [2.45, 2.75) is 32.2 Å². The quantitative estimate of drug-likeness (QED) is 0.708. The van der Waals surface area contributed by atoms with E-state index in [1.807, 2.05) is 25.3 Å². The van der Waals surface area contributed by atoms with Crippen LogP contribution in [0.3, 0.4) is 0 Å². The van der Waals surface area contributed by atoms with Gasteiger partial charge in [-0.2, -0.15) is 0 Å². The minimum atomic E-state index is -0.776. The molecule has 0 radical (unpaired) electrons. The fraction of sp³-hybridized carbons (Fsp3) is 0.350. The van der Waals surface area contributed by atoms with Crippen LogP contribution in [0.1, 0.15) is 35.8 Å². The Morgan fingerprint density at radius 3 is 2.92 bits per heavy atom. The molecule has 3 aromatic rings. The predicted octanol–water partition coefficient (Wildman–Crippen LogP) is 4.30. The van der Waals surface area contributed by atoms with Gasteiger partial charge in [-0.3, -0.25) is 4.90 Å². The Labute approximate surface area is 145 Å². The monoisotopic (exact) mass is 341 g/mol. The molecule has 25 heavy (non-hydrogen) atoms. The van der Waals surface area contributed by atoms with Crippen molar-refractivity contribution in [3.63, 3.8) is 0 Å². The number of halogens is 2. The van der Waals surface area contributed by atoms with Crippen LogP contribution >= 0.6 is 0 Å². The van der Waals surface area contributed by atoms with E-state index in [0.29, 0.717) is 18.0 Å². The number of imidazole rings is 1. The van der Waals surface area contributed by atoms with E-state index < -0.39 is 11.6 Å². The van der Waals surface area contributed by atoms with E-state index in [0.717, 1.165) is 49.0 Å². The smallest absolute Gasteiger partial charge is 0.163 e. The predicted molar refractivity (Wildman–Crippen MR) is 93.5 cm³/mol. The molecule has 5 heteroatoms. The Hall–Kier alpha value is -2.27. The number of aromatic nitrogens is 2. The van der Waals surface area contributed by atoms with Gasteiger partial charge >= 0.3 is 0 Å². The summed E-state index contributed by atoms with van der Waals surface area (Å²) in [5.41, 5.74) is 2.68. The summed E-state index contributed by atoms with van der Waals surface area (Å²) in [6, 6.07) is 10.5. The second kappa shape index (κ2) is 6.56. The molecule has 3 heterocycles. The van der Waals surface area contributed by atoms with E-state index in [4.69, 9.17) is 4.98 Å². The molecule has 0 unspecified atom stereocenters. The van der Waals surface area contributed by atoms with E-state index in [2.05, 4.69) is 15.4 Å². The Morgan fingerprint density at radius 2 is 2.04 bits per heavy atom. The maximum atomic E-state index is 14.0. The molecular formula is C20H21F2N3. The third-order valence-electron chi connectivity index (χ3n) is 5.07. The molecule has 1 aliphatic heterocycles. The standard InChI is InChI=1S/C20H21F2N3/c1-14-23-20(18-9-2-3-11-25(14)18)16-7-5-10-24(13-16)12-15-6-4-8-17(21)19(15)22/h2-4,6,8-9,11,16H,5,7,10,12-13H2,1H3/t16-/m1/s1. The number of benzene rings is 1. The van der Waals surface area contributed by atoms with Crippen molar-refractivity contribution >= 4 is 5.52 Å². The molecule has 130 valence electrons. The second-order valence-electron chi connectivity index (χ2n) is 6.79. The summed E-state index contributed by atoms with van der Waals surface area (Å²) in [6.45, 7) is 4.16. The Bertz CT molecular complexity index is 903. The Balaban J connectivity index is 1.57. The van der Waals surface area contributed by atoms with Crippen LogP contribution in [-0.2, 0) is 6.54 Å². The molecule has 0 N–H and O–H groups in total. The van der Waals surface area contributed by atoms with E-state index >= 15 is 0 Å². The summed E-state index contributed by atoms with van der Waals surface area (Å²) >= 11 is 0. The number of aryl methyl sites for hydroxylation is 1. The van der Waals surface area contributed by atoms with Crippen molar-refractivity contribution < 1.29 is 8.78 Å². The fourth-order valence-corrected chi connectivity index (χ4v) is 3.85. The maximum Gasteiger partial charge on any atom is 0.163 e. The highest BCUT2D eigenvalue weighted by molar-refractivity contribution is 5.54. The molecule has 1 fully saturated rings.